The largest absolute Gasteiger partial charge is 0.455 e. The van der Waals surface area contributed by atoms with Crippen molar-refractivity contribution >= 4 is 11.7 Å². The first-order valence-electron chi connectivity index (χ1n) is 7.56. The van der Waals surface area contributed by atoms with Crippen LogP contribution >= 0.6 is 0 Å². The third-order valence-electron chi connectivity index (χ3n) is 5.18. The summed E-state index contributed by atoms with van der Waals surface area (Å²) in [5, 5.41) is 10.7. The quantitative estimate of drug-likeness (QED) is 0.487. The van der Waals surface area contributed by atoms with E-state index in [1.807, 2.05) is 6.92 Å². The molecule has 1 heterocycles. The van der Waals surface area contributed by atoms with E-state index in [1.54, 1.807) is 0 Å². The molecule has 22 heavy (non-hydrogen) atoms. The summed E-state index contributed by atoms with van der Waals surface area (Å²) < 4.78 is 5.87. The molecule has 2 atom stereocenters. The average Bonchev–Trinajstić information content (AvgIpc) is 2.65. The molecule has 0 aromatic heterocycles. The smallest absolute Gasteiger partial charge is 0.338 e. The molecule has 2 bridgehead atoms. The second-order valence-electron chi connectivity index (χ2n) is 6.57. The minimum Gasteiger partial charge on any atom is -0.455 e. The van der Waals surface area contributed by atoms with Gasteiger partial charge in [0.05, 0.1) is 10.5 Å². The number of likely N-dealkylation sites (tertiary alicyclic amines) is 1. The van der Waals surface area contributed by atoms with Gasteiger partial charge in [-0.25, -0.2) is 4.79 Å². The lowest BCUT2D eigenvalue weighted by atomic mass is 9.82. The van der Waals surface area contributed by atoms with Gasteiger partial charge in [0, 0.05) is 37.1 Å². The van der Waals surface area contributed by atoms with Crippen molar-refractivity contribution in [2.45, 2.75) is 25.4 Å². The van der Waals surface area contributed by atoms with Crippen molar-refractivity contribution in [3.05, 3.63) is 39.9 Å². The number of ether oxygens (including phenoxy) is 1. The summed E-state index contributed by atoms with van der Waals surface area (Å²) in [7, 11) is 2.10. The van der Waals surface area contributed by atoms with Gasteiger partial charge in [-0.1, -0.05) is 0 Å². The Bertz CT molecular complexity index is 585. The number of non-ortho nitro benzene ring substituents is 1. The van der Waals surface area contributed by atoms with E-state index >= 15 is 0 Å². The second-order valence-corrected chi connectivity index (χ2v) is 6.57. The summed E-state index contributed by atoms with van der Waals surface area (Å²) in [6, 6.07) is 5.59. The molecule has 1 aliphatic heterocycles. The fraction of sp³-hybridized carbons (Fsp3) is 0.562. The highest BCUT2D eigenvalue weighted by Gasteiger charge is 2.53. The van der Waals surface area contributed by atoms with Crippen LogP contribution in [0.4, 0.5) is 5.69 Å². The molecule has 0 radical (unpaired) electrons. The van der Waals surface area contributed by atoms with E-state index in [9.17, 15) is 14.9 Å². The van der Waals surface area contributed by atoms with Gasteiger partial charge >= 0.3 is 5.97 Å². The van der Waals surface area contributed by atoms with Gasteiger partial charge in [-0.2, -0.15) is 0 Å². The Morgan fingerprint density at radius 1 is 1.27 bits per heavy atom. The number of esters is 1. The maximum atomic E-state index is 12.4. The lowest BCUT2D eigenvalue weighted by Crippen LogP contribution is -2.53. The number of piperidine rings is 1. The normalized spacial score (nSPS) is 31.0. The highest BCUT2D eigenvalue weighted by molar-refractivity contribution is 5.90. The first-order chi connectivity index (χ1) is 10.4. The number of carbonyl (C=O) groups excluding carboxylic acids is 1. The van der Waals surface area contributed by atoms with E-state index in [0.717, 1.165) is 25.9 Å². The molecule has 3 rings (SSSR count). The molecule has 6 nitrogen and oxygen atoms in total. The monoisotopic (exact) mass is 304 g/mol. The van der Waals surface area contributed by atoms with Gasteiger partial charge in [0.1, 0.15) is 5.60 Å². The molecule has 118 valence electrons. The maximum absolute atomic E-state index is 12.4. The number of fused-ring (bicyclic) bond motifs is 2. The molecule has 2 fully saturated rings. The number of hydrogen-bond acceptors (Lipinski definition) is 5. The van der Waals surface area contributed by atoms with Gasteiger partial charge in [-0.3, -0.25) is 10.1 Å². The van der Waals surface area contributed by atoms with Crippen LogP contribution in [0.25, 0.3) is 0 Å². The molecule has 1 aromatic carbocycles. The molecule has 6 heteroatoms. The summed E-state index contributed by atoms with van der Waals surface area (Å²) in [6.07, 6.45) is 2.16. The van der Waals surface area contributed by atoms with E-state index in [0.29, 0.717) is 17.4 Å². The van der Waals surface area contributed by atoms with Crippen LogP contribution in [0.2, 0.25) is 0 Å². The van der Waals surface area contributed by atoms with E-state index in [-0.39, 0.29) is 11.7 Å². The van der Waals surface area contributed by atoms with Crippen LogP contribution in [0.15, 0.2) is 24.3 Å². The lowest BCUT2D eigenvalue weighted by Gasteiger charge is -2.43. The highest BCUT2D eigenvalue weighted by Crippen LogP contribution is 2.47. The number of rotatable bonds is 3. The van der Waals surface area contributed by atoms with Crippen LogP contribution < -0.4 is 0 Å². The fourth-order valence-corrected chi connectivity index (χ4v) is 3.83. The molecule has 2 aliphatic rings. The first kappa shape index (κ1) is 15.0. The fourth-order valence-electron chi connectivity index (χ4n) is 3.83. The molecular weight excluding hydrogens is 284 g/mol. The van der Waals surface area contributed by atoms with Crippen molar-refractivity contribution in [3.8, 4) is 0 Å². The molecule has 1 aliphatic carbocycles. The number of benzene rings is 1. The summed E-state index contributed by atoms with van der Waals surface area (Å²) in [6.45, 7) is 3.92. The van der Waals surface area contributed by atoms with Crippen LogP contribution in [0, 0.1) is 22.0 Å². The predicted octanol–water partition coefficient (Wildman–Crippen LogP) is 2.48. The molecule has 1 aromatic rings. The van der Waals surface area contributed by atoms with Gasteiger partial charge in [-0.15, -0.1) is 0 Å². The summed E-state index contributed by atoms with van der Waals surface area (Å²) in [5.74, 6) is 0.329. The maximum Gasteiger partial charge on any atom is 0.338 e. The van der Waals surface area contributed by atoms with E-state index in [1.165, 1.54) is 24.3 Å². The Hall–Kier alpha value is -1.95. The zero-order valence-corrected chi connectivity index (χ0v) is 12.8. The number of nitro benzene ring substituents is 1. The van der Waals surface area contributed by atoms with Crippen LogP contribution in [0.5, 0.6) is 0 Å². The Morgan fingerprint density at radius 3 is 2.32 bits per heavy atom. The third kappa shape index (κ3) is 2.47. The van der Waals surface area contributed by atoms with Crippen LogP contribution in [-0.2, 0) is 4.74 Å². The summed E-state index contributed by atoms with van der Waals surface area (Å²) in [5.41, 5.74) is -0.0852. The van der Waals surface area contributed by atoms with Gasteiger partial charge in [-0.05, 0) is 38.9 Å². The summed E-state index contributed by atoms with van der Waals surface area (Å²) in [4.78, 5) is 24.9. The van der Waals surface area contributed by atoms with Gasteiger partial charge in [0.25, 0.3) is 5.69 Å². The molecular formula is C16H20N2O4. The molecule has 0 amide bonds. The van der Waals surface area contributed by atoms with Crippen molar-refractivity contribution in [1.29, 1.82) is 0 Å². The Balaban J connectivity index is 1.75. The number of nitro groups is 1. The number of nitrogens with zero attached hydrogens (tertiary/aromatic N) is 2. The van der Waals surface area contributed by atoms with E-state index in [2.05, 4.69) is 11.9 Å². The predicted molar refractivity (Wildman–Crippen MR) is 80.6 cm³/mol. The molecule has 1 saturated carbocycles. The number of hydrogen-bond donors (Lipinski definition) is 0. The minimum atomic E-state index is -0.479. The zero-order valence-electron chi connectivity index (χ0n) is 12.8. The standard InChI is InChI=1S/C16H20N2O4/c1-16(12-5-6-13(16)10-17(2)9-12)22-15(19)11-3-7-14(8-4-11)18(20)21/h3-4,7-8,12-13H,5-6,9-10H2,1-2H3. The Kier molecular flexibility index (Phi) is 3.64. The second kappa shape index (κ2) is 5.35. The first-order valence-corrected chi connectivity index (χ1v) is 7.56. The van der Waals surface area contributed by atoms with Gasteiger partial charge < -0.3 is 9.64 Å². The third-order valence-corrected chi connectivity index (χ3v) is 5.18. The minimum absolute atomic E-state index is 0.0258. The lowest BCUT2D eigenvalue weighted by molar-refractivity contribution is -0.384. The molecule has 0 spiro atoms. The van der Waals surface area contributed by atoms with Crippen LogP contribution in [0.3, 0.4) is 0 Å². The summed E-state index contributed by atoms with van der Waals surface area (Å²) >= 11 is 0. The van der Waals surface area contributed by atoms with Crippen molar-refractivity contribution in [2.75, 3.05) is 20.1 Å². The van der Waals surface area contributed by atoms with E-state index < -0.39 is 10.5 Å². The molecule has 1 saturated heterocycles. The van der Waals surface area contributed by atoms with Crippen LogP contribution in [-0.4, -0.2) is 41.5 Å². The molecule has 0 N–H and O–H groups in total. The molecule has 2 unspecified atom stereocenters. The number of carbonyl (C=O) groups is 1. The zero-order chi connectivity index (χ0) is 15.9. The van der Waals surface area contributed by atoms with Crippen molar-refractivity contribution in [2.24, 2.45) is 11.8 Å². The Morgan fingerprint density at radius 2 is 1.82 bits per heavy atom. The Labute approximate surface area is 129 Å². The van der Waals surface area contributed by atoms with Crippen molar-refractivity contribution in [1.82, 2.24) is 4.90 Å². The van der Waals surface area contributed by atoms with Crippen molar-refractivity contribution in [3.63, 3.8) is 0 Å². The van der Waals surface area contributed by atoms with Crippen LogP contribution in [0.1, 0.15) is 30.1 Å². The van der Waals surface area contributed by atoms with Gasteiger partial charge in [0.2, 0.25) is 0 Å². The topological polar surface area (TPSA) is 72.7 Å². The highest BCUT2D eigenvalue weighted by atomic mass is 16.6. The van der Waals surface area contributed by atoms with Gasteiger partial charge in [0.15, 0.2) is 0 Å². The van der Waals surface area contributed by atoms with E-state index in [4.69, 9.17) is 4.74 Å². The average molecular weight is 304 g/mol. The van der Waals surface area contributed by atoms with Crippen molar-refractivity contribution < 1.29 is 14.5 Å². The SMILES string of the molecule is CN1CC2CCC(C1)C2(C)OC(=O)c1ccc([N+](=O)[O-])cc1.